The Bertz CT molecular complexity index is 1550. The van der Waals surface area contributed by atoms with Crippen LogP contribution in [0.25, 0.3) is 0 Å². The van der Waals surface area contributed by atoms with Gasteiger partial charge < -0.3 is 40.6 Å². The number of carbonyl (C=O) groups excluding carboxylic acids is 3. The maximum atomic E-state index is 13.2. The number of piperazine rings is 1. The van der Waals surface area contributed by atoms with E-state index in [1.54, 1.807) is 4.90 Å². The summed E-state index contributed by atoms with van der Waals surface area (Å²) in [6.07, 6.45) is 0. The molecule has 0 spiro atoms. The van der Waals surface area contributed by atoms with E-state index in [2.05, 4.69) is 15.5 Å². The molecule has 0 bridgehead atoms. The lowest BCUT2D eigenvalue weighted by Crippen LogP contribution is -2.71. The topological polar surface area (TPSA) is 208 Å². The normalized spacial score (nSPS) is 21.6. The number of carbonyl (C=O) groups is 4. The molecule has 5 rings (SSSR count). The highest BCUT2D eigenvalue weighted by Crippen LogP contribution is 2.41. The monoisotopic (exact) mass is 632 g/mol. The number of nitrogens with two attached hydrogens (primary N) is 1. The van der Waals surface area contributed by atoms with Crippen LogP contribution in [-0.4, -0.2) is 128 Å². The fourth-order valence-corrected chi connectivity index (χ4v) is 7.20. The number of quaternary nitrogens is 1. The van der Waals surface area contributed by atoms with Crippen LogP contribution in [-0.2, 0) is 19.2 Å². The Morgan fingerprint density at radius 2 is 1.95 bits per heavy atom. The van der Waals surface area contributed by atoms with Crippen molar-refractivity contribution in [3.05, 3.63) is 46.1 Å². The number of aromatic nitrogens is 1. The highest BCUT2D eigenvalue weighted by atomic mass is 32.2. The number of nitrogen functional groups attached to an aromatic ring is 1. The number of amides is 3. The molecule has 2 atom stereocenters. The SMILES string of the molecule is CON=C(C(=O)N[C@@H]1C(=O)N2C(C(=O)O)=C(C[N+]3(C)CCN(C(=O)c4ccc(O)c(O)c4)CC3)CS[C@H]12)c1csc(N)n1. The molecule has 2 fully saturated rings. The van der Waals surface area contributed by atoms with Gasteiger partial charge in [-0.05, 0) is 18.2 Å². The summed E-state index contributed by atoms with van der Waals surface area (Å²) in [6, 6.07) is 2.96. The summed E-state index contributed by atoms with van der Waals surface area (Å²) < 4.78 is 0.456. The van der Waals surface area contributed by atoms with Crippen LogP contribution in [0.4, 0.5) is 5.13 Å². The maximum Gasteiger partial charge on any atom is 0.352 e. The second-order valence-electron chi connectivity index (χ2n) is 10.5. The average molecular weight is 633 g/mol. The molecule has 1 aromatic heterocycles. The molecule has 17 heteroatoms. The van der Waals surface area contributed by atoms with E-state index >= 15 is 0 Å². The molecule has 2 aromatic rings. The number of β-lactam (4-membered cyclic amide) rings is 1. The van der Waals surface area contributed by atoms with Gasteiger partial charge in [-0.25, -0.2) is 9.78 Å². The number of phenols is 2. The molecule has 228 valence electrons. The molecule has 3 amide bonds. The number of fused-ring (bicyclic) bond motifs is 1. The number of anilines is 1. The van der Waals surface area contributed by atoms with Crippen LogP contribution in [0.3, 0.4) is 0 Å². The largest absolute Gasteiger partial charge is 0.504 e. The van der Waals surface area contributed by atoms with Crippen LogP contribution in [0, 0.1) is 0 Å². The van der Waals surface area contributed by atoms with Gasteiger partial charge in [0.1, 0.15) is 36.5 Å². The number of carboxylic acids is 1. The second kappa shape index (κ2) is 11.7. The van der Waals surface area contributed by atoms with Crippen molar-refractivity contribution in [1.29, 1.82) is 0 Å². The van der Waals surface area contributed by atoms with Crippen LogP contribution >= 0.6 is 23.1 Å². The van der Waals surface area contributed by atoms with Crippen molar-refractivity contribution in [3.63, 3.8) is 0 Å². The van der Waals surface area contributed by atoms with Crippen LogP contribution in [0.1, 0.15) is 16.1 Å². The van der Waals surface area contributed by atoms with E-state index in [0.29, 0.717) is 48.5 Å². The molecule has 3 aliphatic rings. The smallest absolute Gasteiger partial charge is 0.352 e. The number of benzene rings is 1. The Labute approximate surface area is 253 Å². The first kappa shape index (κ1) is 30.1. The fourth-order valence-electron chi connectivity index (χ4n) is 5.32. The number of aromatic hydroxyl groups is 2. The van der Waals surface area contributed by atoms with Crippen molar-refractivity contribution in [2.75, 3.05) is 58.4 Å². The van der Waals surface area contributed by atoms with Crippen molar-refractivity contribution in [2.24, 2.45) is 5.16 Å². The van der Waals surface area contributed by atoms with Crippen LogP contribution in [0.15, 0.2) is 40.0 Å². The standard InChI is InChI=1S/C26H29N7O8S2/c1-33(7-5-31(6-8-33)22(37)13-3-4-16(34)17(35)9-13)10-14-11-42-24-19(23(38)32(24)20(14)25(39)40)29-21(36)18(30-41-2)15-12-43-26(27)28-15/h3-4,9,12,19,24H,5-8,10-11H2,1-2H3,(H5-,27,28,29,30,34,35,36,37,39,40)/p+1/t19-,24-/m1/s1. The molecule has 0 unspecified atom stereocenters. The molecule has 3 aliphatic heterocycles. The summed E-state index contributed by atoms with van der Waals surface area (Å²) in [5.74, 6) is -3.11. The second-order valence-corrected chi connectivity index (χ2v) is 12.5. The van der Waals surface area contributed by atoms with Gasteiger partial charge in [0.2, 0.25) is 0 Å². The van der Waals surface area contributed by atoms with E-state index in [4.69, 9.17) is 10.6 Å². The minimum absolute atomic E-state index is 0.0882. The van der Waals surface area contributed by atoms with Gasteiger partial charge >= 0.3 is 5.97 Å². The molecule has 0 radical (unpaired) electrons. The summed E-state index contributed by atoms with van der Waals surface area (Å²) in [6.45, 7) is 2.23. The summed E-state index contributed by atoms with van der Waals surface area (Å²) in [7, 11) is 3.24. The lowest BCUT2D eigenvalue weighted by molar-refractivity contribution is -0.908. The number of nitrogens with one attached hydrogen (secondary N) is 1. The van der Waals surface area contributed by atoms with E-state index in [1.807, 2.05) is 7.05 Å². The Kier molecular flexibility index (Phi) is 8.22. The van der Waals surface area contributed by atoms with E-state index in [1.165, 1.54) is 47.4 Å². The van der Waals surface area contributed by atoms with Crippen molar-refractivity contribution < 1.29 is 43.8 Å². The Morgan fingerprint density at radius 1 is 1.23 bits per heavy atom. The maximum absolute atomic E-state index is 13.2. The van der Waals surface area contributed by atoms with Gasteiger partial charge in [0, 0.05) is 22.3 Å². The minimum atomic E-state index is -1.23. The van der Waals surface area contributed by atoms with Crippen LogP contribution in [0.2, 0.25) is 0 Å². The first-order valence-electron chi connectivity index (χ1n) is 13.1. The van der Waals surface area contributed by atoms with E-state index in [9.17, 15) is 34.5 Å². The van der Waals surface area contributed by atoms with Gasteiger partial charge in [0.25, 0.3) is 17.7 Å². The molecular formula is C26H30N7O8S2+. The van der Waals surface area contributed by atoms with Gasteiger partial charge in [-0.2, -0.15) is 0 Å². The van der Waals surface area contributed by atoms with Gasteiger partial charge in [-0.1, -0.05) is 5.16 Å². The van der Waals surface area contributed by atoms with Gasteiger partial charge in [-0.3, -0.25) is 19.3 Å². The Balaban J connectivity index is 1.26. The zero-order chi connectivity index (χ0) is 31.1. The molecular weight excluding hydrogens is 602 g/mol. The lowest BCUT2D eigenvalue weighted by Gasteiger charge is -2.50. The predicted molar refractivity (Wildman–Crippen MR) is 156 cm³/mol. The molecule has 15 nitrogen and oxygen atoms in total. The van der Waals surface area contributed by atoms with E-state index in [-0.39, 0.29) is 45.2 Å². The quantitative estimate of drug-likeness (QED) is 0.0848. The number of hydrogen-bond acceptors (Lipinski definition) is 12. The zero-order valence-electron chi connectivity index (χ0n) is 23.2. The van der Waals surface area contributed by atoms with Crippen molar-refractivity contribution in [1.82, 2.24) is 20.1 Å². The van der Waals surface area contributed by atoms with Crippen LogP contribution < -0.4 is 11.1 Å². The third-order valence-corrected chi connectivity index (χ3v) is 9.61. The van der Waals surface area contributed by atoms with Crippen molar-refractivity contribution >= 4 is 57.6 Å². The number of hydrogen-bond donors (Lipinski definition) is 5. The molecule has 0 aliphatic carbocycles. The van der Waals surface area contributed by atoms with E-state index < -0.39 is 29.2 Å². The molecule has 43 heavy (non-hydrogen) atoms. The zero-order valence-corrected chi connectivity index (χ0v) is 24.9. The number of aliphatic carboxylic acids is 1. The first-order chi connectivity index (χ1) is 20.4. The first-order valence-corrected chi connectivity index (χ1v) is 15.0. The summed E-state index contributed by atoms with van der Waals surface area (Å²) >= 11 is 2.47. The minimum Gasteiger partial charge on any atom is -0.504 e. The van der Waals surface area contributed by atoms with Gasteiger partial charge in [0.15, 0.2) is 22.3 Å². The van der Waals surface area contributed by atoms with Gasteiger partial charge in [-0.15, -0.1) is 23.1 Å². The number of phenolic OH excluding ortho intramolecular Hbond substituents is 2. The van der Waals surface area contributed by atoms with E-state index in [0.717, 1.165) is 11.3 Å². The predicted octanol–water partition coefficient (Wildman–Crippen LogP) is -0.172. The fraction of sp³-hybridized carbons (Fsp3) is 0.385. The molecule has 0 saturated carbocycles. The number of likely N-dealkylation sites (N-methyl/N-ethyl adjacent to an activating group) is 1. The molecule has 6 N–H and O–H groups in total. The summed E-state index contributed by atoms with van der Waals surface area (Å²) in [5.41, 5.74) is 6.46. The van der Waals surface area contributed by atoms with Crippen LogP contribution in [0.5, 0.6) is 11.5 Å². The van der Waals surface area contributed by atoms with Gasteiger partial charge in [0.05, 0.1) is 33.2 Å². The highest BCUT2D eigenvalue weighted by Gasteiger charge is 2.55. The summed E-state index contributed by atoms with van der Waals surface area (Å²) in [5, 5.41) is 36.9. The Hall–Kier alpha value is -4.35. The number of oxime groups is 1. The lowest BCUT2D eigenvalue weighted by atomic mass is 10.0. The third-order valence-electron chi connectivity index (χ3n) is 7.60. The average Bonchev–Trinajstić information content (AvgIpc) is 3.41. The van der Waals surface area contributed by atoms with Crippen molar-refractivity contribution in [3.8, 4) is 11.5 Å². The third kappa shape index (κ3) is 5.82. The summed E-state index contributed by atoms with van der Waals surface area (Å²) in [4.78, 5) is 63.2. The number of rotatable bonds is 8. The number of carboxylic acid groups (broad SMARTS) is 1. The number of nitrogens with zero attached hydrogens (tertiary/aromatic N) is 5. The Morgan fingerprint density at radius 3 is 2.56 bits per heavy atom. The number of thiazole rings is 1. The molecule has 1 aromatic carbocycles. The highest BCUT2D eigenvalue weighted by molar-refractivity contribution is 8.00. The molecule has 2 saturated heterocycles. The number of thioether (sulfide) groups is 1. The van der Waals surface area contributed by atoms with Crippen molar-refractivity contribution in [2.45, 2.75) is 11.4 Å². The molecule has 4 heterocycles.